The maximum atomic E-state index is 9.03. The fourth-order valence-electron chi connectivity index (χ4n) is 2.85. The van der Waals surface area contributed by atoms with Gasteiger partial charge in [-0.3, -0.25) is 4.90 Å². The second-order valence-electron chi connectivity index (χ2n) is 5.20. The van der Waals surface area contributed by atoms with Gasteiger partial charge in [0.05, 0.1) is 19.2 Å². The van der Waals surface area contributed by atoms with E-state index in [1.807, 2.05) is 4.68 Å². The summed E-state index contributed by atoms with van der Waals surface area (Å²) in [4.78, 5) is 6.76. The van der Waals surface area contributed by atoms with E-state index in [0.29, 0.717) is 12.6 Å². The summed E-state index contributed by atoms with van der Waals surface area (Å²) in [6.45, 7) is 2.81. The van der Waals surface area contributed by atoms with E-state index in [9.17, 15) is 0 Å². The van der Waals surface area contributed by atoms with Crippen molar-refractivity contribution in [1.29, 1.82) is 0 Å². The van der Waals surface area contributed by atoms with E-state index in [1.54, 1.807) is 6.33 Å². The van der Waals surface area contributed by atoms with Crippen LogP contribution >= 0.6 is 0 Å². The molecule has 1 aromatic heterocycles. The Labute approximate surface area is 109 Å². The van der Waals surface area contributed by atoms with Crippen LogP contribution in [0.1, 0.15) is 50.9 Å². The van der Waals surface area contributed by atoms with Crippen LogP contribution in [0.25, 0.3) is 0 Å². The van der Waals surface area contributed by atoms with Crippen molar-refractivity contribution in [1.82, 2.24) is 19.7 Å². The Balaban J connectivity index is 2.04. The molecule has 1 atom stereocenters. The van der Waals surface area contributed by atoms with E-state index >= 15 is 0 Å². The zero-order valence-corrected chi connectivity index (χ0v) is 11.4. The molecule has 1 aromatic rings. The summed E-state index contributed by atoms with van der Waals surface area (Å²) in [5.74, 6) is 0.956. The van der Waals surface area contributed by atoms with Crippen molar-refractivity contribution in [2.45, 2.75) is 57.7 Å². The minimum atomic E-state index is 0.107. The van der Waals surface area contributed by atoms with Crippen LogP contribution in [-0.2, 0) is 6.54 Å². The van der Waals surface area contributed by atoms with Gasteiger partial charge in [0.1, 0.15) is 12.2 Å². The van der Waals surface area contributed by atoms with Gasteiger partial charge in [0.25, 0.3) is 0 Å². The molecule has 0 amide bonds. The molecule has 0 radical (unpaired) electrons. The topological polar surface area (TPSA) is 54.2 Å². The Hall–Kier alpha value is -0.940. The van der Waals surface area contributed by atoms with Gasteiger partial charge in [-0.25, -0.2) is 9.67 Å². The molecule has 1 aliphatic carbocycles. The van der Waals surface area contributed by atoms with Gasteiger partial charge in [-0.05, 0) is 26.8 Å². The Morgan fingerprint density at radius 1 is 1.44 bits per heavy atom. The molecule has 1 saturated carbocycles. The molecule has 2 rings (SSSR count). The summed E-state index contributed by atoms with van der Waals surface area (Å²) in [5, 5.41) is 13.2. The Kier molecular flexibility index (Phi) is 4.72. The highest BCUT2D eigenvalue weighted by atomic mass is 16.3. The van der Waals surface area contributed by atoms with E-state index in [1.165, 1.54) is 32.1 Å². The summed E-state index contributed by atoms with van der Waals surface area (Å²) >= 11 is 0. The van der Waals surface area contributed by atoms with Crippen LogP contribution in [0.4, 0.5) is 0 Å². The number of rotatable bonds is 5. The highest BCUT2D eigenvalue weighted by Crippen LogP contribution is 2.27. The van der Waals surface area contributed by atoms with Crippen LogP contribution in [-0.4, -0.2) is 44.5 Å². The first-order valence-corrected chi connectivity index (χ1v) is 6.94. The maximum Gasteiger partial charge on any atom is 0.143 e. The first-order valence-electron chi connectivity index (χ1n) is 6.94. The van der Waals surface area contributed by atoms with E-state index in [2.05, 4.69) is 29.0 Å². The molecule has 0 bridgehead atoms. The lowest BCUT2D eigenvalue weighted by Crippen LogP contribution is -2.36. The highest BCUT2D eigenvalue weighted by Gasteiger charge is 2.25. The van der Waals surface area contributed by atoms with Gasteiger partial charge in [0.2, 0.25) is 0 Å². The fourth-order valence-corrected chi connectivity index (χ4v) is 2.85. The molecule has 1 fully saturated rings. The van der Waals surface area contributed by atoms with Crippen molar-refractivity contribution in [2.75, 3.05) is 13.7 Å². The zero-order chi connectivity index (χ0) is 13.0. The van der Waals surface area contributed by atoms with Crippen LogP contribution in [0.5, 0.6) is 0 Å². The molecule has 0 aromatic carbocycles. The third-order valence-electron chi connectivity index (χ3n) is 4.09. The minimum Gasteiger partial charge on any atom is -0.394 e. The van der Waals surface area contributed by atoms with Crippen molar-refractivity contribution in [2.24, 2.45) is 0 Å². The Morgan fingerprint density at radius 2 is 2.17 bits per heavy atom. The third-order valence-corrected chi connectivity index (χ3v) is 4.09. The lowest BCUT2D eigenvalue weighted by molar-refractivity contribution is 0.137. The predicted molar refractivity (Wildman–Crippen MR) is 70.2 cm³/mol. The average Bonchev–Trinajstić information content (AvgIpc) is 2.87. The lowest BCUT2D eigenvalue weighted by Gasteiger charge is -2.35. The molecule has 18 heavy (non-hydrogen) atoms. The molecule has 1 unspecified atom stereocenters. The molecule has 0 aliphatic heterocycles. The molecule has 5 nitrogen and oxygen atoms in total. The quantitative estimate of drug-likeness (QED) is 0.864. The number of aliphatic hydroxyl groups is 1. The monoisotopic (exact) mass is 252 g/mol. The van der Waals surface area contributed by atoms with Crippen molar-refractivity contribution >= 4 is 0 Å². The van der Waals surface area contributed by atoms with Crippen LogP contribution in [0.15, 0.2) is 6.33 Å². The van der Waals surface area contributed by atoms with Crippen LogP contribution in [0.3, 0.4) is 0 Å². The number of nitrogens with zero attached hydrogens (tertiary/aromatic N) is 4. The van der Waals surface area contributed by atoms with Crippen molar-refractivity contribution < 1.29 is 5.11 Å². The van der Waals surface area contributed by atoms with Crippen molar-refractivity contribution in [3.63, 3.8) is 0 Å². The predicted octanol–water partition coefficient (Wildman–Crippen LogP) is 1.60. The zero-order valence-electron chi connectivity index (χ0n) is 11.4. The Bertz CT molecular complexity index is 360. The number of aromatic nitrogens is 3. The van der Waals surface area contributed by atoms with Gasteiger partial charge in [-0.2, -0.15) is 5.10 Å². The van der Waals surface area contributed by atoms with Gasteiger partial charge in [-0.15, -0.1) is 0 Å². The normalized spacial score (nSPS) is 19.3. The Morgan fingerprint density at radius 3 is 2.83 bits per heavy atom. The lowest BCUT2D eigenvalue weighted by atomic mass is 9.93. The molecule has 102 valence electrons. The van der Waals surface area contributed by atoms with Crippen molar-refractivity contribution in [3.05, 3.63) is 12.2 Å². The summed E-state index contributed by atoms with van der Waals surface area (Å²) < 4.78 is 1.81. The standard InChI is InChI=1S/C13H24N4O/c1-11(13-14-10-15-17(13)8-9-18)16(2)12-6-4-3-5-7-12/h10-12,18H,3-9H2,1-2H3. The summed E-state index contributed by atoms with van der Waals surface area (Å²) in [7, 11) is 2.18. The molecule has 1 aliphatic rings. The average molecular weight is 252 g/mol. The van der Waals surface area contributed by atoms with Gasteiger partial charge >= 0.3 is 0 Å². The first kappa shape index (κ1) is 13.5. The first-order chi connectivity index (χ1) is 8.74. The molecular weight excluding hydrogens is 228 g/mol. The number of hydrogen-bond donors (Lipinski definition) is 1. The number of aliphatic hydroxyl groups excluding tert-OH is 1. The second-order valence-corrected chi connectivity index (χ2v) is 5.20. The van der Waals surface area contributed by atoms with Gasteiger partial charge in [-0.1, -0.05) is 19.3 Å². The molecule has 1 heterocycles. The smallest absolute Gasteiger partial charge is 0.143 e. The highest BCUT2D eigenvalue weighted by molar-refractivity contribution is 4.94. The maximum absolute atomic E-state index is 9.03. The van der Waals surface area contributed by atoms with E-state index in [4.69, 9.17) is 5.11 Å². The molecule has 0 saturated heterocycles. The van der Waals surface area contributed by atoms with E-state index in [-0.39, 0.29) is 12.6 Å². The second kappa shape index (κ2) is 6.29. The largest absolute Gasteiger partial charge is 0.394 e. The van der Waals surface area contributed by atoms with E-state index in [0.717, 1.165) is 5.82 Å². The van der Waals surface area contributed by atoms with E-state index < -0.39 is 0 Å². The number of hydrogen-bond acceptors (Lipinski definition) is 4. The van der Waals surface area contributed by atoms with Gasteiger partial charge in [0.15, 0.2) is 0 Å². The van der Waals surface area contributed by atoms with Crippen LogP contribution < -0.4 is 0 Å². The summed E-state index contributed by atoms with van der Waals surface area (Å²) in [6, 6.07) is 0.912. The third kappa shape index (κ3) is 2.90. The van der Waals surface area contributed by atoms with Crippen LogP contribution in [0, 0.1) is 0 Å². The molecular formula is C13H24N4O. The van der Waals surface area contributed by atoms with Crippen molar-refractivity contribution in [3.8, 4) is 0 Å². The van der Waals surface area contributed by atoms with Crippen LogP contribution in [0.2, 0.25) is 0 Å². The fraction of sp³-hybridized carbons (Fsp3) is 0.846. The summed E-state index contributed by atoms with van der Waals surface area (Å²) in [6.07, 6.45) is 8.20. The molecule has 0 spiro atoms. The van der Waals surface area contributed by atoms with Gasteiger partial charge in [0, 0.05) is 6.04 Å². The molecule has 5 heteroatoms. The minimum absolute atomic E-state index is 0.107. The van der Waals surface area contributed by atoms with Gasteiger partial charge < -0.3 is 5.11 Å². The SMILES string of the molecule is CC(c1ncnn1CCO)N(C)C1CCCCC1. The molecule has 1 N–H and O–H groups in total. The summed E-state index contributed by atoms with van der Waals surface area (Å²) in [5.41, 5.74) is 0.